The number of furan rings is 1. The van der Waals surface area contributed by atoms with Gasteiger partial charge in [0.25, 0.3) is 0 Å². The summed E-state index contributed by atoms with van der Waals surface area (Å²) in [5.41, 5.74) is 1.63. The van der Waals surface area contributed by atoms with Gasteiger partial charge in [-0.15, -0.1) is 0 Å². The number of aromatic nitrogens is 3. The van der Waals surface area contributed by atoms with Crippen LogP contribution in [0.2, 0.25) is 5.02 Å². The van der Waals surface area contributed by atoms with Crippen LogP contribution in [0.1, 0.15) is 23.8 Å². The summed E-state index contributed by atoms with van der Waals surface area (Å²) in [6.07, 6.45) is 0.764. The van der Waals surface area contributed by atoms with Crippen LogP contribution in [-0.4, -0.2) is 27.2 Å². The molecule has 0 atom stereocenters. The summed E-state index contributed by atoms with van der Waals surface area (Å²) < 4.78 is 12.5. The second-order valence-electron chi connectivity index (χ2n) is 7.71. The van der Waals surface area contributed by atoms with Crippen LogP contribution >= 0.6 is 11.6 Å². The fraction of sp³-hybridized carbons (Fsp3) is 0.250. The first-order chi connectivity index (χ1) is 16.3. The van der Waals surface area contributed by atoms with Crippen LogP contribution in [0.3, 0.4) is 0 Å². The van der Waals surface area contributed by atoms with Crippen molar-refractivity contribution < 1.29 is 13.9 Å². The van der Waals surface area contributed by atoms with Crippen molar-refractivity contribution in [2.75, 3.05) is 7.11 Å². The van der Waals surface area contributed by atoms with Crippen LogP contribution in [0.5, 0.6) is 0 Å². The molecule has 0 unspecified atom stereocenters. The molecular formula is C24H23ClN4O5. The highest BCUT2D eigenvalue weighted by Crippen LogP contribution is 2.29. The zero-order valence-corrected chi connectivity index (χ0v) is 19.7. The topological polar surface area (TPSA) is 112 Å². The van der Waals surface area contributed by atoms with Gasteiger partial charge in [0.15, 0.2) is 0 Å². The average molecular weight is 483 g/mol. The van der Waals surface area contributed by atoms with Gasteiger partial charge >= 0.3 is 17.3 Å². The number of rotatable bonds is 6. The zero-order valence-electron chi connectivity index (χ0n) is 18.9. The molecular weight excluding hydrogens is 460 g/mol. The number of methoxy groups -OCH3 is 1. The van der Waals surface area contributed by atoms with Gasteiger partial charge in [-0.3, -0.25) is 14.3 Å². The molecule has 0 amide bonds. The van der Waals surface area contributed by atoms with Crippen LogP contribution in [0.4, 0.5) is 5.69 Å². The Morgan fingerprint density at radius 2 is 1.88 bits per heavy atom. The number of aryl methyl sites for hydroxylation is 2. The van der Waals surface area contributed by atoms with Crippen molar-refractivity contribution in [3.63, 3.8) is 0 Å². The van der Waals surface area contributed by atoms with Crippen LogP contribution in [0.15, 0.2) is 61.5 Å². The van der Waals surface area contributed by atoms with Gasteiger partial charge in [-0.25, -0.2) is 19.1 Å². The number of halogens is 1. The van der Waals surface area contributed by atoms with Crippen molar-refractivity contribution in [3.05, 3.63) is 91.0 Å². The van der Waals surface area contributed by atoms with E-state index >= 15 is 0 Å². The first kappa shape index (κ1) is 23.3. The van der Waals surface area contributed by atoms with Crippen molar-refractivity contribution in [2.24, 2.45) is 4.99 Å². The summed E-state index contributed by atoms with van der Waals surface area (Å²) in [5, 5.41) is 1.46. The number of esters is 1. The monoisotopic (exact) mass is 482 g/mol. The highest BCUT2D eigenvalue weighted by atomic mass is 35.5. The highest BCUT2D eigenvalue weighted by molar-refractivity contribution is 6.30. The maximum atomic E-state index is 13.2. The number of aromatic amines is 1. The highest BCUT2D eigenvalue weighted by Gasteiger charge is 2.14. The Morgan fingerprint density at radius 1 is 1.15 bits per heavy atom. The number of H-pyrrole nitrogens is 1. The van der Waals surface area contributed by atoms with Crippen LogP contribution < -0.4 is 17.0 Å². The average Bonchev–Trinajstić information content (AvgIpc) is 3.15. The molecule has 0 spiro atoms. The molecule has 2 heterocycles. The van der Waals surface area contributed by atoms with Crippen molar-refractivity contribution in [2.45, 2.75) is 33.4 Å². The molecule has 0 radical (unpaired) electrons. The number of carbonyl (C=O) groups excluding carboxylic acids is 1. The lowest BCUT2D eigenvalue weighted by Gasteiger charge is -2.10. The molecule has 0 aliphatic carbocycles. The molecule has 0 aliphatic rings. The van der Waals surface area contributed by atoms with Gasteiger partial charge in [-0.05, 0) is 48.4 Å². The number of hydrogen-bond acceptors (Lipinski definition) is 6. The third kappa shape index (κ3) is 4.60. The third-order valence-corrected chi connectivity index (χ3v) is 5.78. The number of hydrogen-bond donors (Lipinski definition) is 1. The number of fused-ring (bicyclic) bond motifs is 1. The number of ether oxygens (including phenoxy) is 1. The molecule has 1 N–H and O–H groups in total. The van der Waals surface area contributed by atoms with Crippen LogP contribution in [-0.2, 0) is 29.0 Å². The van der Waals surface area contributed by atoms with Gasteiger partial charge in [-0.1, -0.05) is 30.7 Å². The lowest BCUT2D eigenvalue weighted by molar-refractivity contribution is -0.141. The molecule has 4 rings (SSSR count). The Kier molecular flexibility index (Phi) is 6.56. The fourth-order valence-corrected chi connectivity index (χ4v) is 3.80. The molecule has 2 aromatic carbocycles. The Hall–Kier alpha value is -3.85. The number of nitrogens with one attached hydrogen (secondary N) is 1. The normalized spacial score (nSPS) is 11.8. The summed E-state index contributed by atoms with van der Waals surface area (Å²) >= 11 is 5.98. The molecule has 0 saturated heterocycles. The minimum Gasteiger partial charge on any atom is -0.468 e. The van der Waals surface area contributed by atoms with E-state index < -0.39 is 23.9 Å². The maximum absolute atomic E-state index is 13.2. The standard InChI is InChI=1S/C24H23ClN4O5/c1-4-19-14(2)18-11-17(9-10-20(18)34-19)26-22-27-23(31)29(13-21(30)33-3)24(32)28(22)12-15-5-7-16(25)8-6-15/h5-11H,4,12-13H2,1-3H3,(H,26,27,31). The van der Waals surface area contributed by atoms with Crippen molar-refractivity contribution >= 4 is 34.2 Å². The van der Waals surface area contributed by atoms with Crippen LogP contribution in [0, 0.1) is 6.92 Å². The third-order valence-electron chi connectivity index (χ3n) is 5.52. The SMILES string of the molecule is CCc1oc2ccc(/N=c3\[nH]c(=O)n(CC(=O)OC)c(=O)n3Cc3ccc(Cl)cc3)cc2c1C. The summed E-state index contributed by atoms with van der Waals surface area (Å²) in [4.78, 5) is 44.8. The van der Waals surface area contributed by atoms with Gasteiger partial charge in [0.1, 0.15) is 17.9 Å². The van der Waals surface area contributed by atoms with E-state index in [1.54, 1.807) is 36.4 Å². The molecule has 0 bridgehead atoms. The zero-order chi connectivity index (χ0) is 24.4. The van der Waals surface area contributed by atoms with Gasteiger partial charge in [0.2, 0.25) is 5.62 Å². The quantitative estimate of drug-likeness (QED) is 0.424. The molecule has 2 aromatic heterocycles. The number of carbonyl (C=O) groups is 1. The number of benzene rings is 2. The predicted molar refractivity (Wildman–Crippen MR) is 127 cm³/mol. The smallest absolute Gasteiger partial charge is 0.335 e. The van der Waals surface area contributed by atoms with E-state index in [-0.39, 0.29) is 12.2 Å². The minimum absolute atomic E-state index is 0.0438. The Morgan fingerprint density at radius 3 is 2.56 bits per heavy atom. The van der Waals surface area contributed by atoms with Gasteiger partial charge in [0, 0.05) is 16.8 Å². The molecule has 9 nitrogen and oxygen atoms in total. The van der Waals surface area contributed by atoms with E-state index in [4.69, 9.17) is 16.0 Å². The predicted octanol–water partition coefficient (Wildman–Crippen LogP) is 3.06. The molecule has 0 saturated carbocycles. The van der Waals surface area contributed by atoms with Crippen LogP contribution in [0.25, 0.3) is 11.0 Å². The molecule has 0 aliphatic heterocycles. The van der Waals surface area contributed by atoms with Gasteiger partial charge in [0.05, 0.1) is 19.3 Å². The van der Waals surface area contributed by atoms with Crippen molar-refractivity contribution in [1.29, 1.82) is 0 Å². The maximum Gasteiger partial charge on any atom is 0.335 e. The van der Waals surface area contributed by atoms with Gasteiger partial charge < -0.3 is 9.15 Å². The molecule has 34 heavy (non-hydrogen) atoms. The van der Waals surface area contributed by atoms with Crippen molar-refractivity contribution in [3.8, 4) is 0 Å². The van der Waals surface area contributed by atoms with E-state index in [1.165, 1.54) is 11.7 Å². The van der Waals surface area contributed by atoms with E-state index in [2.05, 4.69) is 14.7 Å². The van der Waals surface area contributed by atoms with Gasteiger partial charge in [-0.2, -0.15) is 0 Å². The van der Waals surface area contributed by atoms with E-state index in [0.717, 1.165) is 38.8 Å². The fourth-order valence-electron chi connectivity index (χ4n) is 3.68. The largest absolute Gasteiger partial charge is 0.468 e. The first-order valence-corrected chi connectivity index (χ1v) is 11.0. The first-order valence-electron chi connectivity index (χ1n) is 10.6. The summed E-state index contributed by atoms with van der Waals surface area (Å²) in [5.74, 6) is 0.173. The molecule has 0 fully saturated rings. The Bertz CT molecular complexity index is 1560. The Labute approximate surface area is 198 Å². The summed E-state index contributed by atoms with van der Waals surface area (Å²) in [7, 11) is 1.19. The second kappa shape index (κ2) is 9.56. The summed E-state index contributed by atoms with van der Waals surface area (Å²) in [6.45, 7) is 3.57. The molecule has 10 heteroatoms. The minimum atomic E-state index is -0.768. The van der Waals surface area contributed by atoms with Crippen molar-refractivity contribution in [1.82, 2.24) is 14.1 Å². The lowest BCUT2D eigenvalue weighted by Crippen LogP contribution is -2.51. The van der Waals surface area contributed by atoms with E-state index in [1.807, 2.05) is 19.9 Å². The lowest BCUT2D eigenvalue weighted by atomic mass is 10.1. The van der Waals surface area contributed by atoms with E-state index in [0.29, 0.717) is 10.7 Å². The van der Waals surface area contributed by atoms with E-state index in [9.17, 15) is 14.4 Å². The Balaban J connectivity index is 1.90. The molecule has 4 aromatic rings. The number of nitrogens with zero attached hydrogens (tertiary/aromatic N) is 3. The summed E-state index contributed by atoms with van der Waals surface area (Å²) in [6, 6.07) is 12.3. The second-order valence-corrected chi connectivity index (χ2v) is 8.14. The molecule has 176 valence electrons.